The maximum atomic E-state index is 12.9. The molecule has 0 spiro atoms. The Morgan fingerprint density at radius 3 is 2.23 bits per heavy atom. The maximum absolute atomic E-state index is 12.9. The molecule has 1 amide bonds. The molecule has 2 saturated heterocycles. The SMILES string of the molecule is O=C(c1ccc(S(=O)(=O)N2CCCC2)cc1)N1CCN(c2nc3ccccc3s2)CC1. The lowest BCUT2D eigenvalue weighted by atomic mass is 10.2. The van der Waals surface area contributed by atoms with Gasteiger partial charge in [0.2, 0.25) is 10.0 Å². The first-order valence-electron chi connectivity index (χ1n) is 10.5. The minimum atomic E-state index is -3.46. The van der Waals surface area contributed by atoms with Crippen LogP contribution in [0.5, 0.6) is 0 Å². The largest absolute Gasteiger partial charge is 0.345 e. The van der Waals surface area contributed by atoms with Gasteiger partial charge in [0.1, 0.15) is 0 Å². The van der Waals surface area contributed by atoms with Gasteiger partial charge in [-0.1, -0.05) is 23.5 Å². The van der Waals surface area contributed by atoms with Gasteiger partial charge in [0.05, 0.1) is 15.1 Å². The molecular weight excluding hydrogens is 432 g/mol. The number of anilines is 1. The fourth-order valence-electron chi connectivity index (χ4n) is 4.13. The van der Waals surface area contributed by atoms with E-state index in [1.807, 2.05) is 23.1 Å². The van der Waals surface area contributed by atoms with Crippen LogP contribution in [0.15, 0.2) is 53.4 Å². The summed E-state index contributed by atoms with van der Waals surface area (Å²) in [7, 11) is -3.46. The van der Waals surface area contributed by atoms with E-state index in [1.165, 1.54) is 9.01 Å². The molecule has 0 radical (unpaired) electrons. The van der Waals surface area contributed by atoms with E-state index in [0.29, 0.717) is 31.7 Å². The van der Waals surface area contributed by atoms with Gasteiger partial charge in [-0.3, -0.25) is 4.79 Å². The number of amides is 1. The summed E-state index contributed by atoms with van der Waals surface area (Å²) in [6.45, 7) is 3.83. The highest BCUT2D eigenvalue weighted by Gasteiger charge is 2.28. The molecule has 9 heteroatoms. The van der Waals surface area contributed by atoms with Gasteiger partial charge in [-0.05, 0) is 49.2 Å². The van der Waals surface area contributed by atoms with Gasteiger partial charge in [-0.15, -0.1) is 0 Å². The average Bonchev–Trinajstić information content (AvgIpc) is 3.49. The first kappa shape index (κ1) is 20.4. The monoisotopic (exact) mass is 456 g/mol. The molecule has 0 saturated carbocycles. The average molecular weight is 457 g/mol. The Morgan fingerprint density at radius 1 is 0.871 bits per heavy atom. The normalized spacial score (nSPS) is 18.1. The van der Waals surface area contributed by atoms with Crippen LogP contribution in [-0.2, 0) is 10.0 Å². The number of hydrogen-bond donors (Lipinski definition) is 0. The van der Waals surface area contributed by atoms with Crippen LogP contribution in [0.2, 0.25) is 0 Å². The third-order valence-electron chi connectivity index (χ3n) is 5.92. The molecule has 0 unspecified atom stereocenters. The maximum Gasteiger partial charge on any atom is 0.253 e. The summed E-state index contributed by atoms with van der Waals surface area (Å²) in [5.74, 6) is -0.0610. The Kier molecular flexibility index (Phi) is 5.41. The van der Waals surface area contributed by atoms with E-state index < -0.39 is 10.0 Å². The highest BCUT2D eigenvalue weighted by Crippen LogP contribution is 2.29. The molecule has 2 fully saturated rings. The second kappa shape index (κ2) is 8.22. The van der Waals surface area contributed by atoms with Crippen molar-refractivity contribution in [3.63, 3.8) is 0 Å². The highest BCUT2D eigenvalue weighted by molar-refractivity contribution is 7.89. The number of para-hydroxylation sites is 1. The van der Waals surface area contributed by atoms with Crippen LogP contribution in [0.1, 0.15) is 23.2 Å². The summed E-state index contributed by atoms with van der Waals surface area (Å²) in [4.78, 5) is 22.0. The molecule has 7 nitrogen and oxygen atoms in total. The standard InChI is InChI=1S/C22H24N4O3S2/c27-21(17-7-9-18(10-8-17)31(28,29)26-11-3-4-12-26)24-13-15-25(16-14-24)22-23-19-5-1-2-6-20(19)30-22/h1-2,5-10H,3-4,11-16H2. The zero-order chi connectivity index (χ0) is 21.4. The Balaban J connectivity index is 1.24. The van der Waals surface area contributed by atoms with Crippen molar-refractivity contribution >= 4 is 42.6 Å². The van der Waals surface area contributed by atoms with Gasteiger partial charge in [0.15, 0.2) is 5.13 Å². The number of carbonyl (C=O) groups is 1. The van der Waals surface area contributed by atoms with Crippen molar-refractivity contribution in [2.45, 2.75) is 17.7 Å². The smallest absolute Gasteiger partial charge is 0.253 e. The van der Waals surface area contributed by atoms with Crippen LogP contribution < -0.4 is 4.90 Å². The molecule has 2 aliphatic rings. The summed E-state index contributed by atoms with van der Waals surface area (Å²) < 4.78 is 28.0. The van der Waals surface area contributed by atoms with E-state index in [9.17, 15) is 13.2 Å². The van der Waals surface area contributed by atoms with Crippen LogP contribution in [0.25, 0.3) is 10.2 Å². The minimum absolute atomic E-state index is 0.0610. The second-order valence-electron chi connectivity index (χ2n) is 7.88. The summed E-state index contributed by atoms with van der Waals surface area (Å²) in [5.41, 5.74) is 1.53. The number of hydrogen-bond acceptors (Lipinski definition) is 6. The van der Waals surface area contributed by atoms with Crippen LogP contribution >= 0.6 is 11.3 Å². The number of carbonyl (C=O) groups excluding carboxylic acids is 1. The summed E-state index contributed by atoms with van der Waals surface area (Å²) >= 11 is 1.67. The van der Waals surface area contributed by atoms with Gasteiger partial charge in [-0.25, -0.2) is 13.4 Å². The molecule has 5 rings (SSSR count). The van der Waals surface area contributed by atoms with Crippen molar-refractivity contribution in [3.8, 4) is 0 Å². The fourth-order valence-corrected chi connectivity index (χ4v) is 6.66. The lowest BCUT2D eigenvalue weighted by Crippen LogP contribution is -2.48. The summed E-state index contributed by atoms with van der Waals surface area (Å²) in [5, 5.41) is 0.991. The lowest BCUT2D eigenvalue weighted by Gasteiger charge is -2.34. The zero-order valence-corrected chi connectivity index (χ0v) is 18.7. The van der Waals surface area contributed by atoms with E-state index in [-0.39, 0.29) is 10.8 Å². The number of sulfonamides is 1. The number of thiazole rings is 1. The number of benzene rings is 2. The first-order chi connectivity index (χ1) is 15.0. The van der Waals surface area contributed by atoms with Gasteiger partial charge in [0.25, 0.3) is 5.91 Å². The van der Waals surface area contributed by atoms with E-state index in [4.69, 9.17) is 4.98 Å². The molecule has 0 aliphatic carbocycles. The molecule has 3 aromatic rings. The molecule has 162 valence electrons. The molecule has 0 N–H and O–H groups in total. The van der Waals surface area contributed by atoms with E-state index in [0.717, 1.165) is 36.6 Å². The molecule has 0 atom stereocenters. The van der Waals surface area contributed by atoms with Crippen molar-refractivity contribution in [3.05, 3.63) is 54.1 Å². The van der Waals surface area contributed by atoms with Crippen molar-refractivity contribution in [2.24, 2.45) is 0 Å². The molecular formula is C22H24N4O3S2. The van der Waals surface area contributed by atoms with Crippen molar-refractivity contribution < 1.29 is 13.2 Å². The van der Waals surface area contributed by atoms with Crippen LogP contribution in [-0.4, -0.2) is 67.8 Å². The number of nitrogens with zero attached hydrogens (tertiary/aromatic N) is 4. The van der Waals surface area contributed by atoms with Gasteiger partial charge >= 0.3 is 0 Å². The Morgan fingerprint density at radius 2 is 1.55 bits per heavy atom. The van der Waals surface area contributed by atoms with E-state index in [2.05, 4.69) is 11.0 Å². The molecule has 2 aromatic carbocycles. The fraction of sp³-hybridized carbons (Fsp3) is 0.364. The van der Waals surface area contributed by atoms with Crippen LogP contribution in [0.3, 0.4) is 0 Å². The molecule has 0 bridgehead atoms. The zero-order valence-electron chi connectivity index (χ0n) is 17.1. The Labute approximate surface area is 186 Å². The summed E-state index contributed by atoms with van der Waals surface area (Å²) in [6, 6.07) is 14.5. The van der Waals surface area contributed by atoms with Gasteiger partial charge < -0.3 is 9.80 Å². The number of piperazine rings is 1. The van der Waals surface area contributed by atoms with Gasteiger partial charge in [0, 0.05) is 44.8 Å². The minimum Gasteiger partial charge on any atom is -0.345 e. The first-order valence-corrected chi connectivity index (χ1v) is 12.8. The number of fused-ring (bicyclic) bond motifs is 1. The van der Waals surface area contributed by atoms with Crippen molar-refractivity contribution in [1.29, 1.82) is 0 Å². The van der Waals surface area contributed by atoms with E-state index in [1.54, 1.807) is 35.6 Å². The van der Waals surface area contributed by atoms with Crippen molar-refractivity contribution in [2.75, 3.05) is 44.2 Å². The lowest BCUT2D eigenvalue weighted by molar-refractivity contribution is 0.0746. The number of rotatable bonds is 4. The quantitative estimate of drug-likeness (QED) is 0.603. The third kappa shape index (κ3) is 3.93. The Bertz CT molecular complexity index is 1160. The van der Waals surface area contributed by atoms with Gasteiger partial charge in [-0.2, -0.15) is 4.31 Å². The second-order valence-corrected chi connectivity index (χ2v) is 10.8. The molecule has 31 heavy (non-hydrogen) atoms. The third-order valence-corrected chi connectivity index (χ3v) is 8.93. The number of aromatic nitrogens is 1. The topological polar surface area (TPSA) is 73.8 Å². The highest BCUT2D eigenvalue weighted by atomic mass is 32.2. The molecule has 2 aliphatic heterocycles. The summed E-state index contributed by atoms with van der Waals surface area (Å²) in [6.07, 6.45) is 1.80. The van der Waals surface area contributed by atoms with Crippen LogP contribution in [0.4, 0.5) is 5.13 Å². The predicted molar refractivity (Wildman–Crippen MR) is 122 cm³/mol. The van der Waals surface area contributed by atoms with E-state index >= 15 is 0 Å². The molecule has 1 aromatic heterocycles. The predicted octanol–water partition coefficient (Wildman–Crippen LogP) is 3.04. The molecule has 3 heterocycles. The van der Waals surface area contributed by atoms with Crippen LogP contribution in [0, 0.1) is 0 Å². The van der Waals surface area contributed by atoms with Crippen molar-refractivity contribution in [1.82, 2.24) is 14.2 Å². The Hall–Kier alpha value is -2.49.